The average molecular weight is 477 g/mol. The smallest absolute Gasteiger partial charge is 0.416 e. The Balaban J connectivity index is 1.66. The molecule has 1 aromatic heterocycles. The van der Waals surface area contributed by atoms with Gasteiger partial charge < -0.3 is 10.1 Å². The summed E-state index contributed by atoms with van der Waals surface area (Å²) in [4.78, 5) is 12.3. The summed E-state index contributed by atoms with van der Waals surface area (Å²) in [6.07, 6.45) is -3.21. The number of allylic oxidation sites excluding steroid dienone is 1. The second-order valence-corrected chi connectivity index (χ2v) is 8.17. The number of amides is 1. The molecule has 2 aromatic carbocycles. The van der Waals surface area contributed by atoms with Crippen molar-refractivity contribution in [3.63, 3.8) is 0 Å². The molecule has 0 fully saturated rings. The number of hydrogen-bond donors (Lipinski definition) is 1. The van der Waals surface area contributed by atoms with Crippen molar-refractivity contribution >= 4 is 23.4 Å². The van der Waals surface area contributed by atoms with Crippen molar-refractivity contribution in [3.05, 3.63) is 78.1 Å². The zero-order chi connectivity index (χ0) is 24.0. The van der Waals surface area contributed by atoms with Gasteiger partial charge in [0.15, 0.2) is 17.1 Å². The highest BCUT2D eigenvalue weighted by molar-refractivity contribution is 7.99. The zero-order valence-corrected chi connectivity index (χ0v) is 18.9. The highest BCUT2D eigenvalue weighted by atomic mass is 32.2. The first-order valence-corrected chi connectivity index (χ1v) is 11.0. The lowest BCUT2D eigenvalue weighted by Gasteiger charge is -2.16. The number of carbonyl (C=O) groups excluding carboxylic acids is 1. The molecule has 0 spiro atoms. The van der Waals surface area contributed by atoms with E-state index in [1.165, 1.54) is 12.1 Å². The Kier molecular flexibility index (Phi) is 7.80. The minimum absolute atomic E-state index is 0.0568. The van der Waals surface area contributed by atoms with Crippen molar-refractivity contribution in [2.45, 2.75) is 37.8 Å². The van der Waals surface area contributed by atoms with Crippen LogP contribution in [0, 0.1) is 6.92 Å². The van der Waals surface area contributed by atoms with E-state index in [9.17, 15) is 18.0 Å². The van der Waals surface area contributed by atoms with Crippen molar-refractivity contribution < 1.29 is 22.7 Å². The third-order valence-corrected chi connectivity index (χ3v) is 5.53. The molecule has 1 amide bonds. The Morgan fingerprint density at radius 2 is 1.97 bits per heavy atom. The standard InChI is InChI=1S/C23H23F3N4O2S/c1-4-12-30-21(16(3)32-19-10-8-15(2)9-11-19)28-29-22(30)33-14-20(31)27-18-7-5-6-17(13-18)23(24,25)26/h4-11,13,16H,1,12,14H2,2-3H3,(H,27,31). The Morgan fingerprint density at radius 3 is 2.64 bits per heavy atom. The largest absolute Gasteiger partial charge is 0.483 e. The van der Waals surface area contributed by atoms with Gasteiger partial charge in [0.2, 0.25) is 5.91 Å². The molecule has 1 N–H and O–H groups in total. The van der Waals surface area contributed by atoms with Crippen LogP contribution in [0.25, 0.3) is 0 Å². The molecule has 0 aliphatic heterocycles. The van der Waals surface area contributed by atoms with Crippen LogP contribution in [-0.4, -0.2) is 26.4 Å². The van der Waals surface area contributed by atoms with E-state index in [1.807, 2.05) is 38.1 Å². The van der Waals surface area contributed by atoms with Gasteiger partial charge in [0.05, 0.1) is 11.3 Å². The van der Waals surface area contributed by atoms with Gasteiger partial charge in [0, 0.05) is 12.2 Å². The van der Waals surface area contributed by atoms with E-state index < -0.39 is 23.8 Å². The van der Waals surface area contributed by atoms with Gasteiger partial charge in [0.1, 0.15) is 5.75 Å². The third-order valence-electron chi connectivity index (χ3n) is 4.56. The van der Waals surface area contributed by atoms with Crippen molar-refractivity contribution in [1.82, 2.24) is 14.8 Å². The molecule has 0 bridgehead atoms. The minimum atomic E-state index is -4.48. The van der Waals surface area contributed by atoms with Crippen molar-refractivity contribution in [2.75, 3.05) is 11.1 Å². The number of ether oxygens (including phenoxy) is 1. The first-order valence-electron chi connectivity index (χ1n) is 10.0. The first kappa shape index (κ1) is 24.4. The SMILES string of the molecule is C=CCn1c(SCC(=O)Nc2cccc(C(F)(F)F)c2)nnc1C(C)Oc1ccc(C)cc1. The number of alkyl halides is 3. The first-order chi connectivity index (χ1) is 15.7. The highest BCUT2D eigenvalue weighted by Crippen LogP contribution is 2.31. The minimum Gasteiger partial charge on any atom is -0.483 e. The molecule has 0 aliphatic carbocycles. The molecule has 3 rings (SSSR count). The van der Waals surface area contributed by atoms with Crippen LogP contribution in [0.2, 0.25) is 0 Å². The topological polar surface area (TPSA) is 69.0 Å². The molecular weight excluding hydrogens is 453 g/mol. The van der Waals surface area contributed by atoms with Crippen LogP contribution in [0.5, 0.6) is 5.75 Å². The van der Waals surface area contributed by atoms with Crippen LogP contribution >= 0.6 is 11.8 Å². The van der Waals surface area contributed by atoms with Crippen LogP contribution < -0.4 is 10.1 Å². The average Bonchev–Trinajstić information content (AvgIpc) is 3.16. The molecule has 174 valence electrons. The predicted octanol–water partition coefficient (Wildman–Crippen LogP) is 5.66. The van der Waals surface area contributed by atoms with Crippen LogP contribution in [0.15, 0.2) is 66.3 Å². The molecule has 1 unspecified atom stereocenters. The van der Waals surface area contributed by atoms with Crippen molar-refractivity contribution in [2.24, 2.45) is 0 Å². The lowest BCUT2D eigenvalue weighted by Crippen LogP contribution is -2.16. The van der Waals surface area contributed by atoms with E-state index in [4.69, 9.17) is 4.74 Å². The van der Waals surface area contributed by atoms with E-state index in [0.717, 1.165) is 29.5 Å². The molecule has 10 heteroatoms. The van der Waals surface area contributed by atoms with E-state index in [-0.39, 0.29) is 11.4 Å². The van der Waals surface area contributed by atoms with Gasteiger partial charge in [-0.3, -0.25) is 9.36 Å². The van der Waals surface area contributed by atoms with Crippen molar-refractivity contribution in [3.8, 4) is 5.75 Å². The third kappa shape index (κ3) is 6.61. The maximum atomic E-state index is 12.9. The monoisotopic (exact) mass is 476 g/mol. The van der Waals surface area contributed by atoms with Gasteiger partial charge in [0.25, 0.3) is 0 Å². The molecule has 1 heterocycles. The lowest BCUT2D eigenvalue weighted by atomic mass is 10.2. The molecule has 6 nitrogen and oxygen atoms in total. The number of nitrogens with one attached hydrogen (secondary N) is 1. The second-order valence-electron chi connectivity index (χ2n) is 7.23. The number of thioether (sulfide) groups is 1. The maximum Gasteiger partial charge on any atom is 0.416 e. The van der Waals surface area contributed by atoms with Crippen LogP contribution in [0.4, 0.5) is 18.9 Å². The Bertz CT molecular complexity index is 1110. The van der Waals surface area contributed by atoms with Gasteiger partial charge in [-0.15, -0.1) is 16.8 Å². The van der Waals surface area contributed by atoms with E-state index >= 15 is 0 Å². The Labute approximate surface area is 193 Å². The molecule has 0 saturated heterocycles. The summed E-state index contributed by atoms with van der Waals surface area (Å²) in [5, 5.41) is 11.3. The number of hydrogen-bond acceptors (Lipinski definition) is 5. The van der Waals surface area contributed by atoms with Crippen molar-refractivity contribution in [1.29, 1.82) is 0 Å². The van der Waals surface area contributed by atoms with Crippen LogP contribution in [0.3, 0.4) is 0 Å². The van der Waals surface area contributed by atoms with Gasteiger partial charge in [-0.2, -0.15) is 13.2 Å². The van der Waals surface area contributed by atoms with Gasteiger partial charge in [-0.25, -0.2) is 0 Å². The molecule has 0 saturated carbocycles. The summed E-state index contributed by atoms with van der Waals surface area (Å²) in [6.45, 7) is 7.99. The number of aromatic nitrogens is 3. The number of rotatable bonds is 9. The highest BCUT2D eigenvalue weighted by Gasteiger charge is 2.30. The van der Waals surface area contributed by atoms with Crippen LogP contribution in [0.1, 0.15) is 30.0 Å². The quantitative estimate of drug-likeness (QED) is 0.319. The van der Waals surface area contributed by atoms with E-state index in [2.05, 4.69) is 22.1 Å². The summed E-state index contributed by atoms with van der Waals surface area (Å²) >= 11 is 1.12. The van der Waals surface area contributed by atoms with Crippen LogP contribution in [-0.2, 0) is 17.5 Å². The fraction of sp³-hybridized carbons (Fsp3) is 0.261. The molecular formula is C23H23F3N4O2S. The van der Waals surface area contributed by atoms with E-state index in [1.54, 1.807) is 10.6 Å². The predicted molar refractivity (Wildman–Crippen MR) is 121 cm³/mol. The lowest BCUT2D eigenvalue weighted by molar-refractivity contribution is -0.137. The summed E-state index contributed by atoms with van der Waals surface area (Å²) in [6, 6.07) is 12.1. The Hall–Kier alpha value is -3.27. The fourth-order valence-corrected chi connectivity index (χ4v) is 3.74. The number of halogens is 3. The summed E-state index contributed by atoms with van der Waals surface area (Å²) < 4.78 is 46.3. The number of aryl methyl sites for hydroxylation is 1. The van der Waals surface area contributed by atoms with Gasteiger partial charge in [-0.05, 0) is 44.2 Å². The molecule has 0 aliphatic rings. The number of nitrogens with zero attached hydrogens (tertiary/aromatic N) is 3. The second kappa shape index (κ2) is 10.6. The molecule has 1 atom stereocenters. The zero-order valence-electron chi connectivity index (χ0n) is 18.1. The summed E-state index contributed by atoms with van der Waals surface area (Å²) in [7, 11) is 0. The Morgan fingerprint density at radius 1 is 1.24 bits per heavy atom. The van der Waals surface area contributed by atoms with Gasteiger partial charge >= 0.3 is 6.18 Å². The fourth-order valence-electron chi connectivity index (χ4n) is 2.98. The maximum absolute atomic E-state index is 12.9. The summed E-state index contributed by atoms with van der Waals surface area (Å²) in [5.41, 5.74) is 0.363. The molecule has 0 radical (unpaired) electrons. The van der Waals surface area contributed by atoms with E-state index in [0.29, 0.717) is 23.3 Å². The molecule has 33 heavy (non-hydrogen) atoms. The van der Waals surface area contributed by atoms with Gasteiger partial charge in [-0.1, -0.05) is 41.6 Å². The number of benzene rings is 2. The molecule has 3 aromatic rings. The normalized spacial score (nSPS) is 12.3. The number of carbonyl (C=O) groups is 1. The number of anilines is 1. The summed E-state index contributed by atoms with van der Waals surface area (Å²) in [5.74, 6) is 0.740.